The van der Waals surface area contributed by atoms with Crippen molar-refractivity contribution in [3.63, 3.8) is 0 Å². The van der Waals surface area contributed by atoms with Gasteiger partial charge >= 0.3 is 6.03 Å². The van der Waals surface area contributed by atoms with Gasteiger partial charge in [0.1, 0.15) is 10.9 Å². The second kappa shape index (κ2) is 7.44. The number of rotatable bonds is 4. The van der Waals surface area contributed by atoms with Gasteiger partial charge in [-0.25, -0.2) is 9.78 Å². The highest BCUT2D eigenvalue weighted by atomic mass is 35.5. The first-order valence-corrected chi connectivity index (χ1v) is 9.34. The fraction of sp³-hybridized carbons (Fsp3) is 0.136. The van der Waals surface area contributed by atoms with Gasteiger partial charge in [-0.15, -0.1) is 0 Å². The molecule has 0 spiro atoms. The third kappa shape index (κ3) is 3.62. The van der Waals surface area contributed by atoms with Crippen LogP contribution >= 0.6 is 11.6 Å². The van der Waals surface area contributed by atoms with E-state index in [0.717, 1.165) is 22.0 Å². The lowest BCUT2D eigenvalue weighted by Crippen LogP contribution is -2.32. The topological polar surface area (TPSA) is 62.3 Å². The number of hydrogen-bond donors (Lipinski definition) is 1. The largest absolute Gasteiger partial charge is 0.329 e. The first-order valence-electron chi connectivity index (χ1n) is 8.96. The van der Waals surface area contributed by atoms with Crippen LogP contribution in [-0.4, -0.2) is 28.4 Å². The molecule has 0 bridgehead atoms. The number of carbonyl (C=O) groups is 2. The Balaban J connectivity index is 1.58. The first kappa shape index (κ1) is 18.2. The molecule has 1 fully saturated rings. The van der Waals surface area contributed by atoms with Crippen LogP contribution in [0.25, 0.3) is 17.0 Å². The van der Waals surface area contributed by atoms with E-state index in [-0.39, 0.29) is 16.8 Å². The molecule has 2 aromatic carbocycles. The van der Waals surface area contributed by atoms with Gasteiger partial charge in [0.15, 0.2) is 0 Å². The molecule has 0 radical (unpaired) electrons. The van der Waals surface area contributed by atoms with E-state index in [1.165, 1.54) is 4.90 Å². The lowest BCUT2D eigenvalue weighted by molar-refractivity contribution is -0.122. The molecule has 6 heteroatoms. The number of nitrogens with one attached hydrogen (secondary N) is 1. The van der Waals surface area contributed by atoms with Gasteiger partial charge in [0.25, 0.3) is 5.91 Å². The van der Waals surface area contributed by atoms with Crippen LogP contribution in [0.5, 0.6) is 0 Å². The summed E-state index contributed by atoms with van der Waals surface area (Å²) in [5.74, 6) is -0.360. The second-order valence-electron chi connectivity index (χ2n) is 6.75. The number of amides is 3. The zero-order valence-corrected chi connectivity index (χ0v) is 16.0. The Morgan fingerprint density at radius 2 is 1.89 bits per heavy atom. The summed E-state index contributed by atoms with van der Waals surface area (Å²) in [6, 6.07) is 17.1. The molecule has 28 heavy (non-hydrogen) atoms. The number of pyridine rings is 1. The van der Waals surface area contributed by atoms with Crippen LogP contribution in [0.3, 0.4) is 0 Å². The molecule has 5 nitrogen and oxygen atoms in total. The van der Waals surface area contributed by atoms with Crippen molar-refractivity contribution in [2.24, 2.45) is 0 Å². The maximum atomic E-state index is 12.7. The van der Waals surface area contributed by atoms with Crippen LogP contribution in [0.1, 0.15) is 16.7 Å². The number of carbonyl (C=O) groups excluding carboxylic acids is 2. The molecule has 0 unspecified atom stereocenters. The van der Waals surface area contributed by atoms with Gasteiger partial charge in [-0.2, -0.15) is 0 Å². The monoisotopic (exact) mass is 391 g/mol. The van der Waals surface area contributed by atoms with Crippen molar-refractivity contribution in [3.05, 3.63) is 82.1 Å². The van der Waals surface area contributed by atoms with Gasteiger partial charge in [-0.05, 0) is 43.2 Å². The summed E-state index contributed by atoms with van der Waals surface area (Å²) < 4.78 is 0. The predicted molar refractivity (Wildman–Crippen MR) is 110 cm³/mol. The highest BCUT2D eigenvalue weighted by Gasteiger charge is 2.33. The van der Waals surface area contributed by atoms with Crippen molar-refractivity contribution < 1.29 is 9.59 Å². The fourth-order valence-electron chi connectivity index (χ4n) is 3.21. The average Bonchev–Trinajstić information content (AvgIpc) is 2.95. The molecular weight excluding hydrogens is 374 g/mol. The van der Waals surface area contributed by atoms with E-state index in [1.54, 1.807) is 6.08 Å². The van der Waals surface area contributed by atoms with Crippen molar-refractivity contribution in [2.75, 3.05) is 6.54 Å². The molecule has 3 aromatic rings. The Morgan fingerprint density at radius 1 is 1.11 bits per heavy atom. The van der Waals surface area contributed by atoms with Crippen LogP contribution in [0.15, 0.2) is 60.3 Å². The molecule has 2 heterocycles. The minimum absolute atomic E-state index is 0.203. The van der Waals surface area contributed by atoms with Crippen molar-refractivity contribution in [1.29, 1.82) is 0 Å². The molecule has 3 amide bonds. The van der Waals surface area contributed by atoms with E-state index in [4.69, 9.17) is 11.6 Å². The molecule has 1 aromatic heterocycles. The SMILES string of the molecule is Cc1ccc2nc(Cl)c(/C=C3\NC(=O)N(CCc4ccccc4)C3=O)cc2c1. The summed E-state index contributed by atoms with van der Waals surface area (Å²) in [7, 11) is 0. The molecule has 140 valence electrons. The highest BCUT2D eigenvalue weighted by molar-refractivity contribution is 6.31. The zero-order chi connectivity index (χ0) is 19.7. The van der Waals surface area contributed by atoms with Crippen LogP contribution < -0.4 is 5.32 Å². The van der Waals surface area contributed by atoms with Gasteiger partial charge in [0.2, 0.25) is 0 Å². The van der Waals surface area contributed by atoms with Crippen LogP contribution in [-0.2, 0) is 11.2 Å². The van der Waals surface area contributed by atoms with Gasteiger partial charge in [0.05, 0.1) is 5.52 Å². The van der Waals surface area contributed by atoms with Gasteiger partial charge < -0.3 is 5.32 Å². The number of imide groups is 1. The molecule has 0 saturated carbocycles. The number of benzene rings is 2. The number of urea groups is 1. The van der Waals surface area contributed by atoms with Gasteiger partial charge in [-0.3, -0.25) is 9.69 Å². The molecule has 1 aliphatic heterocycles. The Morgan fingerprint density at radius 3 is 2.68 bits per heavy atom. The zero-order valence-electron chi connectivity index (χ0n) is 15.3. The minimum Gasteiger partial charge on any atom is -0.303 e. The number of hydrogen-bond acceptors (Lipinski definition) is 3. The van der Waals surface area contributed by atoms with E-state index >= 15 is 0 Å². The summed E-state index contributed by atoms with van der Waals surface area (Å²) in [6.45, 7) is 2.31. The third-order valence-electron chi connectivity index (χ3n) is 4.68. The third-order valence-corrected chi connectivity index (χ3v) is 4.98. The number of fused-ring (bicyclic) bond motifs is 1. The van der Waals surface area contributed by atoms with Crippen molar-refractivity contribution >= 4 is 40.5 Å². The van der Waals surface area contributed by atoms with Gasteiger partial charge in [0, 0.05) is 17.5 Å². The first-order chi connectivity index (χ1) is 13.5. The van der Waals surface area contributed by atoms with Crippen LogP contribution in [0.2, 0.25) is 5.15 Å². The Bertz CT molecular complexity index is 1110. The van der Waals surface area contributed by atoms with Crippen molar-refractivity contribution in [1.82, 2.24) is 15.2 Å². The minimum atomic E-state index is -0.423. The maximum absolute atomic E-state index is 12.7. The Labute approximate surface area is 167 Å². The molecular formula is C22H18ClN3O2. The van der Waals surface area contributed by atoms with Crippen LogP contribution in [0.4, 0.5) is 4.79 Å². The smallest absolute Gasteiger partial charge is 0.303 e. The second-order valence-corrected chi connectivity index (χ2v) is 7.10. The molecule has 4 rings (SSSR count). The number of nitrogens with zero attached hydrogens (tertiary/aromatic N) is 2. The predicted octanol–water partition coefficient (Wildman–Crippen LogP) is 4.33. The lowest BCUT2D eigenvalue weighted by atomic mass is 10.1. The van der Waals surface area contributed by atoms with Crippen molar-refractivity contribution in [3.8, 4) is 0 Å². The van der Waals surface area contributed by atoms with E-state index in [1.807, 2.05) is 61.5 Å². The van der Waals surface area contributed by atoms with E-state index in [9.17, 15) is 9.59 Å². The normalized spacial score (nSPS) is 15.5. The Hall–Kier alpha value is -3.18. The summed E-state index contributed by atoms with van der Waals surface area (Å²) >= 11 is 6.29. The molecule has 0 aliphatic carbocycles. The average molecular weight is 392 g/mol. The number of halogens is 1. The fourth-order valence-corrected chi connectivity index (χ4v) is 3.41. The standard InChI is InChI=1S/C22H18ClN3O2/c1-14-7-8-18-16(11-14)12-17(20(23)24-18)13-19-21(27)26(22(28)25-19)10-9-15-5-3-2-4-6-15/h2-8,11-13H,9-10H2,1H3,(H,25,28)/b19-13-. The highest BCUT2D eigenvalue weighted by Crippen LogP contribution is 2.24. The summed E-state index contributed by atoms with van der Waals surface area (Å²) in [5.41, 5.74) is 3.75. The number of aromatic nitrogens is 1. The van der Waals surface area contributed by atoms with Crippen molar-refractivity contribution in [2.45, 2.75) is 13.3 Å². The Kier molecular flexibility index (Phi) is 4.84. The van der Waals surface area contributed by atoms with E-state index < -0.39 is 6.03 Å². The lowest BCUT2D eigenvalue weighted by Gasteiger charge is -2.11. The molecule has 1 aliphatic rings. The maximum Gasteiger partial charge on any atom is 0.329 e. The van der Waals surface area contributed by atoms with E-state index in [2.05, 4.69) is 10.3 Å². The summed E-state index contributed by atoms with van der Waals surface area (Å²) in [4.78, 5) is 30.5. The summed E-state index contributed by atoms with van der Waals surface area (Å²) in [6.07, 6.45) is 2.19. The van der Waals surface area contributed by atoms with E-state index in [0.29, 0.717) is 18.5 Å². The number of aryl methyl sites for hydroxylation is 1. The molecule has 0 atom stereocenters. The van der Waals surface area contributed by atoms with Crippen LogP contribution in [0, 0.1) is 6.92 Å². The molecule has 1 saturated heterocycles. The van der Waals surface area contributed by atoms with Gasteiger partial charge in [-0.1, -0.05) is 53.6 Å². The molecule has 1 N–H and O–H groups in total. The summed E-state index contributed by atoms with van der Waals surface area (Å²) in [5, 5.41) is 3.85. The quantitative estimate of drug-likeness (QED) is 0.409.